The van der Waals surface area contributed by atoms with E-state index in [2.05, 4.69) is 47.5 Å². The van der Waals surface area contributed by atoms with Crippen molar-refractivity contribution < 1.29 is 14.7 Å². The van der Waals surface area contributed by atoms with E-state index < -0.39 is 5.97 Å². The molecule has 1 N–H and O–H groups in total. The molecule has 28 heavy (non-hydrogen) atoms. The lowest BCUT2D eigenvalue weighted by molar-refractivity contribution is -0.143. The number of likely N-dealkylation sites (tertiary alicyclic amines) is 1. The number of carboxylic acid groups (broad SMARTS) is 1. The predicted octanol–water partition coefficient (Wildman–Crippen LogP) is 4.35. The summed E-state index contributed by atoms with van der Waals surface area (Å²) in [5.41, 5.74) is 4.29. The van der Waals surface area contributed by atoms with Gasteiger partial charge in [-0.3, -0.25) is 9.69 Å². The smallest absolute Gasteiger partial charge is 0.307 e. The minimum Gasteiger partial charge on any atom is -0.481 e. The van der Waals surface area contributed by atoms with Crippen LogP contribution in [0.1, 0.15) is 34.4 Å². The summed E-state index contributed by atoms with van der Waals surface area (Å²) in [6, 6.07) is 10.3. The molecule has 1 aromatic heterocycles. The summed E-state index contributed by atoms with van der Waals surface area (Å²) < 4.78 is 0. The van der Waals surface area contributed by atoms with Crippen molar-refractivity contribution in [3.8, 4) is 0 Å². The van der Waals surface area contributed by atoms with Crippen LogP contribution in [0.4, 0.5) is 0 Å². The van der Waals surface area contributed by atoms with Crippen molar-refractivity contribution in [1.29, 1.82) is 0 Å². The van der Waals surface area contributed by atoms with Crippen LogP contribution in [0.5, 0.6) is 0 Å². The summed E-state index contributed by atoms with van der Waals surface area (Å²) in [6.45, 7) is 6.82. The van der Waals surface area contributed by atoms with Gasteiger partial charge in [-0.2, -0.15) is 0 Å². The molecule has 7 heteroatoms. The Kier molecular flexibility index (Phi) is 8.48. The van der Waals surface area contributed by atoms with Gasteiger partial charge in [0.05, 0.1) is 10.8 Å². The Bertz CT molecular complexity index is 821. The molecule has 1 saturated heterocycles. The fourth-order valence-electron chi connectivity index (χ4n) is 3.41. The van der Waals surface area contributed by atoms with Gasteiger partial charge in [0.15, 0.2) is 0 Å². The average Bonchev–Trinajstić information content (AvgIpc) is 3.09. The van der Waals surface area contributed by atoms with E-state index in [1.54, 1.807) is 11.3 Å². The maximum atomic E-state index is 11.2. The number of hydrogen-bond donors (Lipinski definition) is 1. The van der Waals surface area contributed by atoms with Crippen LogP contribution in [0.25, 0.3) is 0 Å². The highest BCUT2D eigenvalue weighted by Crippen LogP contribution is 2.23. The molecule has 2 heterocycles. The van der Waals surface area contributed by atoms with Gasteiger partial charge < -0.3 is 9.94 Å². The average molecular weight is 423 g/mol. The van der Waals surface area contributed by atoms with Crippen LogP contribution in [-0.4, -0.2) is 47.9 Å². The molecule has 152 valence electrons. The van der Waals surface area contributed by atoms with E-state index in [9.17, 15) is 9.90 Å². The molecule has 1 unspecified atom stereocenters. The predicted molar refractivity (Wildman–Crippen MR) is 116 cm³/mol. The summed E-state index contributed by atoms with van der Waals surface area (Å²) in [7, 11) is 0. The van der Waals surface area contributed by atoms with E-state index in [0.717, 1.165) is 41.1 Å². The number of thiophene rings is 1. The van der Waals surface area contributed by atoms with Gasteiger partial charge in [-0.1, -0.05) is 29.4 Å². The van der Waals surface area contributed by atoms with Crippen LogP contribution in [-0.2, 0) is 9.63 Å². The highest BCUT2D eigenvalue weighted by Gasteiger charge is 2.25. The Morgan fingerprint density at radius 2 is 2.07 bits per heavy atom. The summed E-state index contributed by atoms with van der Waals surface area (Å²) in [6.07, 6.45) is 1.68. The third kappa shape index (κ3) is 5.56. The fraction of sp³-hybridized carbons (Fsp3) is 0.429. The topological polar surface area (TPSA) is 62.1 Å². The van der Waals surface area contributed by atoms with Crippen LogP contribution in [0.2, 0.25) is 0 Å². The van der Waals surface area contributed by atoms with Crippen molar-refractivity contribution in [1.82, 2.24) is 4.90 Å². The van der Waals surface area contributed by atoms with E-state index in [-0.39, 0.29) is 18.3 Å². The molecular weight excluding hydrogens is 396 g/mol. The number of carboxylic acids is 1. The first-order chi connectivity index (χ1) is 13.1. The lowest BCUT2D eigenvalue weighted by Crippen LogP contribution is -2.40. The first-order valence-electron chi connectivity index (χ1n) is 9.32. The largest absolute Gasteiger partial charge is 0.481 e. The molecule has 1 aliphatic heterocycles. The van der Waals surface area contributed by atoms with Gasteiger partial charge in [-0.15, -0.1) is 23.7 Å². The third-order valence-corrected chi connectivity index (χ3v) is 6.01. The van der Waals surface area contributed by atoms with Crippen molar-refractivity contribution in [3.63, 3.8) is 0 Å². The van der Waals surface area contributed by atoms with Gasteiger partial charge in [0.25, 0.3) is 0 Å². The zero-order valence-corrected chi connectivity index (χ0v) is 17.9. The number of rotatable bonds is 7. The molecule has 0 amide bonds. The van der Waals surface area contributed by atoms with Crippen LogP contribution < -0.4 is 0 Å². The maximum absolute atomic E-state index is 11.2. The molecule has 0 spiro atoms. The van der Waals surface area contributed by atoms with Gasteiger partial charge in [0.1, 0.15) is 12.3 Å². The second-order valence-electron chi connectivity index (χ2n) is 7.00. The number of aryl methyl sites for hydroxylation is 2. The van der Waals surface area contributed by atoms with Gasteiger partial charge >= 0.3 is 5.97 Å². The highest BCUT2D eigenvalue weighted by molar-refractivity contribution is 7.12. The molecule has 5 nitrogen and oxygen atoms in total. The molecule has 0 bridgehead atoms. The van der Waals surface area contributed by atoms with E-state index in [1.165, 1.54) is 5.56 Å². The molecular formula is C21H27ClN2O3S. The van der Waals surface area contributed by atoms with Crippen LogP contribution in [0, 0.1) is 19.8 Å². The van der Waals surface area contributed by atoms with Crippen LogP contribution in [0.3, 0.4) is 0 Å². The summed E-state index contributed by atoms with van der Waals surface area (Å²) in [5, 5.41) is 15.8. The minimum atomic E-state index is -0.700. The number of carbonyl (C=O) groups is 1. The van der Waals surface area contributed by atoms with Gasteiger partial charge in [0, 0.05) is 18.7 Å². The van der Waals surface area contributed by atoms with Gasteiger partial charge in [0.2, 0.25) is 0 Å². The molecule has 0 saturated carbocycles. The third-order valence-electron chi connectivity index (χ3n) is 4.99. The first kappa shape index (κ1) is 22.4. The lowest BCUT2D eigenvalue weighted by atomic mass is 9.98. The number of hydrogen-bond acceptors (Lipinski definition) is 5. The number of nitrogens with zero attached hydrogens (tertiary/aromatic N) is 2. The van der Waals surface area contributed by atoms with Crippen molar-refractivity contribution in [2.75, 3.05) is 26.2 Å². The Morgan fingerprint density at radius 1 is 1.29 bits per heavy atom. The Morgan fingerprint density at radius 3 is 2.75 bits per heavy atom. The Balaban J connectivity index is 0.00000280. The normalized spacial score (nSPS) is 17.8. The van der Waals surface area contributed by atoms with Gasteiger partial charge in [-0.05, 0) is 55.8 Å². The lowest BCUT2D eigenvalue weighted by Gasteiger charge is -2.29. The Labute approximate surface area is 176 Å². The molecule has 3 rings (SSSR count). The van der Waals surface area contributed by atoms with Crippen molar-refractivity contribution in [2.45, 2.75) is 26.7 Å². The first-order valence-corrected chi connectivity index (χ1v) is 10.2. The molecule has 0 radical (unpaired) electrons. The number of benzene rings is 1. The molecule has 2 aromatic rings. The zero-order valence-electron chi connectivity index (χ0n) is 16.3. The van der Waals surface area contributed by atoms with Crippen LogP contribution in [0.15, 0.2) is 40.9 Å². The molecule has 1 aromatic carbocycles. The minimum absolute atomic E-state index is 0. The fourth-order valence-corrected chi connectivity index (χ4v) is 4.33. The maximum Gasteiger partial charge on any atom is 0.307 e. The quantitative estimate of drug-likeness (QED) is 0.409. The molecule has 1 aliphatic rings. The van der Waals surface area contributed by atoms with Crippen molar-refractivity contribution in [3.05, 3.63) is 57.3 Å². The monoisotopic (exact) mass is 422 g/mol. The SMILES string of the molecule is Cc1ccccc1/C(=N/OCCN1CCCC(C(=O)O)C1)c1sccc1C.Cl. The summed E-state index contributed by atoms with van der Waals surface area (Å²) in [5.74, 6) is -0.966. The summed E-state index contributed by atoms with van der Waals surface area (Å²) >= 11 is 1.66. The van der Waals surface area contributed by atoms with Crippen LogP contribution >= 0.6 is 23.7 Å². The van der Waals surface area contributed by atoms with Gasteiger partial charge in [-0.25, -0.2) is 0 Å². The van der Waals surface area contributed by atoms with E-state index in [1.807, 2.05) is 12.1 Å². The Hall–Kier alpha value is -1.89. The zero-order chi connectivity index (χ0) is 19.2. The second-order valence-corrected chi connectivity index (χ2v) is 7.91. The number of piperidine rings is 1. The number of aliphatic carboxylic acids is 1. The number of oxime groups is 1. The highest BCUT2D eigenvalue weighted by atomic mass is 35.5. The van der Waals surface area contributed by atoms with Crippen molar-refractivity contribution >= 4 is 35.4 Å². The van der Waals surface area contributed by atoms with E-state index in [4.69, 9.17) is 4.84 Å². The molecule has 1 fully saturated rings. The number of halogens is 1. The van der Waals surface area contributed by atoms with Crippen molar-refractivity contribution in [2.24, 2.45) is 11.1 Å². The molecule has 1 atom stereocenters. The van der Waals surface area contributed by atoms with E-state index in [0.29, 0.717) is 19.7 Å². The second kappa shape index (κ2) is 10.6. The molecule has 0 aliphatic carbocycles. The van der Waals surface area contributed by atoms with E-state index >= 15 is 0 Å². The summed E-state index contributed by atoms with van der Waals surface area (Å²) in [4.78, 5) is 20.2. The standard InChI is InChI=1S/C21H26N2O3S.ClH/c1-15-6-3-4-8-18(15)19(20-16(2)9-13-27-20)22-26-12-11-23-10-5-7-17(14-23)21(24)25;/h3-4,6,8-9,13,17H,5,7,10-12,14H2,1-2H3,(H,24,25);1H/b22-19-;.